The van der Waals surface area contributed by atoms with Crippen molar-refractivity contribution in [2.24, 2.45) is 10.8 Å². The van der Waals surface area contributed by atoms with Gasteiger partial charge in [0.05, 0.1) is 23.0 Å². The highest BCUT2D eigenvalue weighted by Gasteiger charge is 2.25. The van der Waals surface area contributed by atoms with Crippen LogP contribution >= 0.6 is 0 Å². The van der Waals surface area contributed by atoms with Crippen LogP contribution in [0.25, 0.3) is 22.2 Å². The van der Waals surface area contributed by atoms with Crippen molar-refractivity contribution in [2.45, 2.75) is 0 Å². The summed E-state index contributed by atoms with van der Waals surface area (Å²) in [5.41, 5.74) is 11.3. The number of carbonyl (C=O) groups excluding carboxylic acids is 2. The molecule has 0 unspecified atom stereocenters. The minimum absolute atomic E-state index is 0.313. The van der Waals surface area contributed by atoms with Crippen LogP contribution in [0.2, 0.25) is 0 Å². The van der Waals surface area contributed by atoms with Gasteiger partial charge in [0.2, 0.25) is 0 Å². The molecule has 2 heterocycles. The molecule has 0 atom stereocenters. The Labute approximate surface area is 131 Å². The summed E-state index contributed by atoms with van der Waals surface area (Å²) >= 11 is 0. The van der Waals surface area contributed by atoms with Gasteiger partial charge in [-0.25, -0.2) is 10.2 Å². The summed E-state index contributed by atoms with van der Waals surface area (Å²) in [7, 11) is 0. The minimum atomic E-state index is -0.605. The van der Waals surface area contributed by atoms with Crippen molar-refractivity contribution in [3.8, 4) is 11.3 Å². The molecular weight excluding hydrogens is 292 g/mol. The average Bonchev–Trinajstić information content (AvgIpc) is 2.80. The molecule has 112 valence electrons. The number of carbonyl (C=O) groups is 2. The zero-order chi connectivity index (χ0) is 16.0. The van der Waals surface area contributed by atoms with Gasteiger partial charge >= 0.3 is 6.03 Å². The molecule has 0 bridgehead atoms. The monoisotopic (exact) mass is 304 g/mol. The molecule has 1 aromatic heterocycles. The second-order valence-corrected chi connectivity index (χ2v) is 5.20. The number of rotatable bonds is 1. The Bertz CT molecular complexity index is 987. The number of hydrazone groups is 1. The molecule has 0 aliphatic carbocycles. The maximum atomic E-state index is 12.2. The van der Waals surface area contributed by atoms with E-state index in [1.165, 1.54) is 4.57 Å². The van der Waals surface area contributed by atoms with E-state index >= 15 is 0 Å². The molecular formula is C17H12N4O2. The fraction of sp³-hybridized carbons (Fsp3) is 0. The van der Waals surface area contributed by atoms with Crippen LogP contribution in [0.4, 0.5) is 4.79 Å². The van der Waals surface area contributed by atoms with Crippen molar-refractivity contribution in [3.63, 3.8) is 0 Å². The standard InChI is InChI=1S/C17H12N4O2/c18-17(23)21-13-8-4-7-11-14(13)12(9-19-20-16(11)22)15(21)10-5-2-1-3-6-10/h1-9H,(H2,18,23)(H,20,22). The molecule has 0 saturated carbocycles. The SMILES string of the molecule is NC(=O)n1c(-c2ccccc2)c2c3c(cccc31)C(=O)NN=C2. The van der Waals surface area contributed by atoms with Gasteiger partial charge in [0.25, 0.3) is 5.91 Å². The Kier molecular flexibility index (Phi) is 2.77. The summed E-state index contributed by atoms with van der Waals surface area (Å²) in [6, 6.07) is 14.0. The number of amides is 2. The average molecular weight is 304 g/mol. The van der Waals surface area contributed by atoms with Crippen LogP contribution in [0.15, 0.2) is 53.6 Å². The summed E-state index contributed by atoms with van der Waals surface area (Å²) in [4.78, 5) is 24.2. The maximum Gasteiger partial charge on any atom is 0.323 e. The van der Waals surface area contributed by atoms with E-state index in [-0.39, 0.29) is 5.91 Å². The van der Waals surface area contributed by atoms with Gasteiger partial charge in [0, 0.05) is 10.9 Å². The topological polar surface area (TPSA) is 89.5 Å². The predicted octanol–water partition coefficient (Wildman–Crippen LogP) is 2.31. The second kappa shape index (κ2) is 4.81. The van der Waals surface area contributed by atoms with Crippen LogP contribution in [0.1, 0.15) is 15.9 Å². The van der Waals surface area contributed by atoms with Crippen LogP contribution in [-0.4, -0.2) is 22.7 Å². The van der Waals surface area contributed by atoms with E-state index in [4.69, 9.17) is 5.73 Å². The first-order valence-electron chi connectivity index (χ1n) is 7.04. The fourth-order valence-electron chi connectivity index (χ4n) is 3.01. The van der Waals surface area contributed by atoms with Crippen molar-refractivity contribution in [2.75, 3.05) is 0 Å². The number of primary amides is 1. The molecule has 1 aliphatic heterocycles. The lowest BCUT2D eigenvalue weighted by atomic mass is 10.0. The van der Waals surface area contributed by atoms with Crippen LogP contribution in [0.5, 0.6) is 0 Å². The number of hydrogen-bond donors (Lipinski definition) is 2. The summed E-state index contributed by atoms with van der Waals surface area (Å²) in [5.74, 6) is -0.313. The van der Waals surface area contributed by atoms with E-state index in [1.807, 2.05) is 30.3 Å². The van der Waals surface area contributed by atoms with Gasteiger partial charge in [-0.05, 0) is 17.7 Å². The van der Waals surface area contributed by atoms with Crippen LogP contribution < -0.4 is 11.2 Å². The first-order valence-corrected chi connectivity index (χ1v) is 7.04. The van der Waals surface area contributed by atoms with Gasteiger partial charge in [-0.1, -0.05) is 36.4 Å². The van der Waals surface area contributed by atoms with Crippen molar-refractivity contribution in [1.82, 2.24) is 9.99 Å². The lowest BCUT2D eigenvalue weighted by molar-refractivity contribution is 0.0957. The number of nitrogens with zero attached hydrogens (tertiary/aromatic N) is 2. The number of benzene rings is 2. The maximum absolute atomic E-state index is 12.2. The highest BCUT2D eigenvalue weighted by atomic mass is 16.2. The summed E-state index contributed by atoms with van der Waals surface area (Å²) in [5, 5.41) is 4.63. The molecule has 0 radical (unpaired) electrons. The van der Waals surface area contributed by atoms with Gasteiger partial charge in [-0.3, -0.25) is 9.36 Å². The van der Waals surface area contributed by atoms with Crippen LogP contribution in [-0.2, 0) is 0 Å². The number of nitrogens with two attached hydrogens (primary N) is 1. The number of nitrogens with one attached hydrogen (secondary N) is 1. The molecule has 6 heteroatoms. The van der Waals surface area contributed by atoms with E-state index in [1.54, 1.807) is 24.4 Å². The van der Waals surface area contributed by atoms with E-state index < -0.39 is 6.03 Å². The predicted molar refractivity (Wildman–Crippen MR) is 87.4 cm³/mol. The highest BCUT2D eigenvalue weighted by Crippen LogP contribution is 2.35. The molecule has 6 nitrogen and oxygen atoms in total. The van der Waals surface area contributed by atoms with Crippen LogP contribution in [0.3, 0.4) is 0 Å². The molecule has 0 spiro atoms. The molecule has 4 rings (SSSR count). The third-order valence-electron chi connectivity index (χ3n) is 3.90. The van der Waals surface area contributed by atoms with Gasteiger partial charge < -0.3 is 5.73 Å². The Balaban J connectivity index is 2.23. The minimum Gasteiger partial charge on any atom is -0.351 e. The highest BCUT2D eigenvalue weighted by molar-refractivity contribution is 6.19. The third kappa shape index (κ3) is 1.85. The van der Waals surface area contributed by atoms with Gasteiger partial charge in [-0.15, -0.1) is 0 Å². The molecule has 0 saturated heterocycles. The van der Waals surface area contributed by atoms with Crippen LogP contribution in [0, 0.1) is 0 Å². The molecule has 23 heavy (non-hydrogen) atoms. The zero-order valence-corrected chi connectivity index (χ0v) is 12.0. The second-order valence-electron chi connectivity index (χ2n) is 5.20. The van der Waals surface area contributed by atoms with Crippen molar-refractivity contribution >= 4 is 29.1 Å². The van der Waals surface area contributed by atoms with E-state index in [0.29, 0.717) is 27.7 Å². The van der Waals surface area contributed by atoms with E-state index in [9.17, 15) is 9.59 Å². The Morgan fingerprint density at radius 1 is 1.09 bits per heavy atom. The van der Waals surface area contributed by atoms with Crippen molar-refractivity contribution < 1.29 is 9.59 Å². The zero-order valence-electron chi connectivity index (χ0n) is 12.0. The Morgan fingerprint density at radius 3 is 2.61 bits per heavy atom. The largest absolute Gasteiger partial charge is 0.351 e. The normalized spacial score (nSPS) is 13.0. The van der Waals surface area contributed by atoms with Gasteiger partial charge in [0.15, 0.2) is 0 Å². The first-order chi connectivity index (χ1) is 11.2. The van der Waals surface area contributed by atoms with E-state index in [2.05, 4.69) is 10.5 Å². The van der Waals surface area contributed by atoms with Gasteiger partial charge in [-0.2, -0.15) is 5.10 Å². The third-order valence-corrected chi connectivity index (χ3v) is 3.90. The smallest absolute Gasteiger partial charge is 0.323 e. The molecule has 1 aliphatic rings. The summed E-state index contributed by atoms with van der Waals surface area (Å²) in [6.07, 6.45) is 1.55. The Hall–Kier alpha value is -3.41. The summed E-state index contributed by atoms with van der Waals surface area (Å²) < 4.78 is 1.42. The quantitative estimate of drug-likeness (QED) is 0.722. The van der Waals surface area contributed by atoms with E-state index in [0.717, 1.165) is 5.56 Å². The molecule has 3 N–H and O–H groups in total. The molecule has 0 fully saturated rings. The molecule has 3 aromatic rings. The lowest BCUT2D eigenvalue weighted by Crippen LogP contribution is -2.21. The Morgan fingerprint density at radius 2 is 1.87 bits per heavy atom. The number of hydrogen-bond acceptors (Lipinski definition) is 3. The van der Waals surface area contributed by atoms with Crippen molar-refractivity contribution in [3.05, 3.63) is 59.7 Å². The molecule has 2 amide bonds. The first kappa shape index (κ1) is 13.3. The van der Waals surface area contributed by atoms with Gasteiger partial charge in [0.1, 0.15) is 0 Å². The molecule has 2 aromatic carbocycles. The van der Waals surface area contributed by atoms with Crippen molar-refractivity contribution in [1.29, 1.82) is 0 Å². The number of aromatic nitrogens is 1. The fourth-order valence-corrected chi connectivity index (χ4v) is 3.01. The lowest BCUT2D eigenvalue weighted by Gasteiger charge is -2.07. The summed E-state index contributed by atoms with van der Waals surface area (Å²) in [6.45, 7) is 0.